The van der Waals surface area contributed by atoms with E-state index in [0.29, 0.717) is 6.04 Å². The number of halogens is 7. The highest BCUT2D eigenvalue weighted by Gasteiger charge is 2.25. The van der Waals surface area contributed by atoms with Gasteiger partial charge >= 0.3 is 12.3 Å². The van der Waals surface area contributed by atoms with E-state index in [0.717, 1.165) is 61.2 Å². The molecule has 7 nitrogen and oxygen atoms in total. The van der Waals surface area contributed by atoms with Crippen LogP contribution in [0.15, 0.2) is 48.5 Å². The third-order valence-corrected chi connectivity index (χ3v) is 6.62. The van der Waals surface area contributed by atoms with Gasteiger partial charge in [-0.05, 0) is 95.0 Å². The fourth-order valence-corrected chi connectivity index (χ4v) is 4.60. The van der Waals surface area contributed by atoms with E-state index in [1.165, 1.54) is 12.1 Å². The summed E-state index contributed by atoms with van der Waals surface area (Å²) in [6.45, 7) is 9.46. The number of carbonyl (C=O) groups is 2. The number of hydrogen-bond acceptors (Lipinski definition) is 6. The zero-order valence-corrected chi connectivity index (χ0v) is 28.1. The van der Waals surface area contributed by atoms with Crippen LogP contribution in [0.25, 0.3) is 0 Å². The molecule has 2 fully saturated rings. The molecule has 0 saturated carbocycles. The largest absolute Gasteiger partial charge is 0.446 e. The number of hydrogen-bond donors (Lipinski definition) is 2. The Morgan fingerprint density at radius 3 is 1.70 bits per heavy atom. The first-order valence-electron chi connectivity index (χ1n) is 14.0. The minimum Gasteiger partial charge on any atom is -0.444 e. The summed E-state index contributed by atoms with van der Waals surface area (Å²) in [4.78, 5) is 25.1. The molecule has 0 spiro atoms. The summed E-state index contributed by atoms with van der Waals surface area (Å²) in [5.74, 6) is 0. The van der Waals surface area contributed by atoms with Gasteiger partial charge in [-0.15, -0.1) is 23.2 Å². The molecular weight excluding hydrogens is 663 g/mol. The maximum atomic E-state index is 11.8. The molecule has 0 radical (unpaired) electrons. The molecular formula is C30H41Cl4F3N4O3. The van der Waals surface area contributed by atoms with Crippen LogP contribution in [-0.2, 0) is 9.53 Å². The van der Waals surface area contributed by atoms with E-state index in [1.54, 1.807) is 0 Å². The fraction of sp³-hybridized carbons (Fsp3) is 0.533. The van der Waals surface area contributed by atoms with Crippen LogP contribution in [0.2, 0.25) is 10.0 Å². The second kappa shape index (κ2) is 20.1. The summed E-state index contributed by atoms with van der Waals surface area (Å²) < 4.78 is 36.6. The molecule has 2 aromatic rings. The van der Waals surface area contributed by atoms with Gasteiger partial charge in [0.05, 0.1) is 5.34 Å². The van der Waals surface area contributed by atoms with E-state index in [4.69, 9.17) is 61.7 Å². The third kappa shape index (κ3) is 18.0. The lowest BCUT2D eigenvalue weighted by Gasteiger charge is -2.35. The van der Waals surface area contributed by atoms with Crippen LogP contribution in [0, 0.1) is 0 Å². The lowest BCUT2D eigenvalue weighted by molar-refractivity contribution is -0.156. The number of nitrogens with two attached hydrogens (primary N) is 1. The Balaban J connectivity index is 0.000000360. The first-order chi connectivity index (χ1) is 20.6. The molecule has 0 aliphatic carbocycles. The molecule has 248 valence electrons. The van der Waals surface area contributed by atoms with Crippen LogP contribution >= 0.6 is 46.4 Å². The molecule has 44 heavy (non-hydrogen) atoms. The molecule has 14 heteroatoms. The Morgan fingerprint density at radius 2 is 1.32 bits per heavy atom. The molecule has 4 rings (SSSR count). The van der Waals surface area contributed by atoms with Crippen molar-refractivity contribution in [1.29, 1.82) is 0 Å². The minimum absolute atomic E-state index is 0.115. The van der Waals surface area contributed by atoms with Gasteiger partial charge in [-0.1, -0.05) is 23.2 Å². The summed E-state index contributed by atoms with van der Waals surface area (Å²) in [7, 11) is 0. The van der Waals surface area contributed by atoms with Crippen molar-refractivity contribution in [2.24, 2.45) is 5.73 Å². The van der Waals surface area contributed by atoms with Crippen molar-refractivity contribution in [2.45, 2.75) is 70.3 Å². The number of ether oxygens (including phenoxy) is 1. The first-order valence-corrected chi connectivity index (χ1v) is 15.8. The van der Waals surface area contributed by atoms with Gasteiger partial charge in [-0.2, -0.15) is 13.2 Å². The number of anilines is 2. The topological polar surface area (TPSA) is 87.9 Å². The summed E-state index contributed by atoms with van der Waals surface area (Å²) in [6.07, 6.45) is -1.70. The summed E-state index contributed by atoms with van der Waals surface area (Å²) >= 11 is 21.3. The number of benzene rings is 2. The molecule has 2 atom stereocenters. The van der Waals surface area contributed by atoms with Crippen LogP contribution in [0.3, 0.4) is 0 Å². The van der Waals surface area contributed by atoms with Gasteiger partial charge in [0.1, 0.15) is 5.60 Å². The average molecular weight is 704 g/mol. The van der Waals surface area contributed by atoms with E-state index in [1.807, 2.05) is 57.2 Å². The van der Waals surface area contributed by atoms with Crippen molar-refractivity contribution in [1.82, 2.24) is 5.32 Å². The summed E-state index contributed by atoms with van der Waals surface area (Å²) in [5.41, 5.74) is 7.82. The number of piperidine rings is 2. The van der Waals surface area contributed by atoms with Gasteiger partial charge in [0, 0.05) is 59.7 Å². The predicted molar refractivity (Wildman–Crippen MR) is 176 cm³/mol. The second-order valence-electron chi connectivity index (χ2n) is 11.0. The zero-order valence-electron chi connectivity index (χ0n) is 25.1. The maximum absolute atomic E-state index is 11.8. The molecule has 2 aliphatic rings. The van der Waals surface area contributed by atoms with Gasteiger partial charge in [-0.3, -0.25) is 4.79 Å². The van der Waals surface area contributed by atoms with Crippen molar-refractivity contribution in [2.75, 3.05) is 41.3 Å². The van der Waals surface area contributed by atoms with Crippen LogP contribution in [-0.4, -0.2) is 67.8 Å². The number of rotatable bonds is 3. The second-order valence-corrected chi connectivity index (χ2v) is 12.7. The Bertz CT molecular complexity index is 1100. The van der Waals surface area contributed by atoms with Crippen molar-refractivity contribution >= 4 is 70.2 Å². The van der Waals surface area contributed by atoms with Gasteiger partial charge < -0.3 is 25.6 Å². The van der Waals surface area contributed by atoms with Gasteiger partial charge in [0.25, 0.3) is 0 Å². The highest BCUT2D eigenvalue weighted by Crippen LogP contribution is 2.23. The van der Waals surface area contributed by atoms with Crippen molar-refractivity contribution < 1.29 is 27.5 Å². The highest BCUT2D eigenvalue weighted by atomic mass is 35.5. The van der Waals surface area contributed by atoms with Crippen molar-refractivity contribution in [3.05, 3.63) is 58.6 Å². The van der Waals surface area contributed by atoms with Gasteiger partial charge in [0.2, 0.25) is 6.29 Å². The molecule has 2 unspecified atom stereocenters. The number of aldehydes is 1. The lowest BCUT2D eigenvalue weighted by Crippen LogP contribution is -2.49. The van der Waals surface area contributed by atoms with Gasteiger partial charge in [0.15, 0.2) is 0 Å². The van der Waals surface area contributed by atoms with Crippen LogP contribution in [0.4, 0.5) is 29.3 Å². The Labute approximate surface area is 278 Å². The number of nitrogens with one attached hydrogen (secondary N) is 1. The molecule has 2 saturated heterocycles. The van der Waals surface area contributed by atoms with Crippen molar-refractivity contribution in [3.8, 4) is 0 Å². The molecule has 2 aromatic carbocycles. The Hall–Kier alpha value is -2.11. The summed E-state index contributed by atoms with van der Waals surface area (Å²) in [6, 6.07) is 16.2. The predicted octanol–water partition coefficient (Wildman–Crippen LogP) is 8.27. The van der Waals surface area contributed by atoms with Gasteiger partial charge in [-0.25, -0.2) is 4.79 Å². The fourth-order valence-electron chi connectivity index (χ4n) is 4.35. The number of amides is 1. The zero-order chi connectivity index (χ0) is 33.3. The van der Waals surface area contributed by atoms with Crippen LogP contribution in [0.1, 0.15) is 46.5 Å². The van der Waals surface area contributed by atoms with E-state index in [9.17, 15) is 18.0 Å². The number of nitrogens with zero attached hydrogens (tertiary/aromatic N) is 2. The molecule has 3 N–H and O–H groups in total. The SMILES string of the molecule is CC(C)(C)OC(=O)NC1CCCN(c2ccc(Cl)cc2)C1.ClCCl.NC1CCCN(c2ccc(Cl)cc2)C1.O=CC(F)(F)F. The van der Waals surface area contributed by atoms with Crippen LogP contribution in [0.5, 0.6) is 0 Å². The third-order valence-electron chi connectivity index (χ3n) is 6.12. The van der Waals surface area contributed by atoms with E-state index >= 15 is 0 Å². The molecule has 1 amide bonds. The van der Waals surface area contributed by atoms with E-state index in [-0.39, 0.29) is 17.5 Å². The molecule has 2 aliphatic heterocycles. The van der Waals surface area contributed by atoms with E-state index < -0.39 is 18.1 Å². The first kappa shape index (κ1) is 39.9. The van der Waals surface area contributed by atoms with Crippen molar-refractivity contribution in [3.63, 3.8) is 0 Å². The quantitative estimate of drug-likeness (QED) is 0.247. The molecule has 0 aromatic heterocycles. The molecule has 2 heterocycles. The maximum Gasteiger partial charge on any atom is 0.446 e. The normalized spacial score (nSPS) is 18.2. The minimum atomic E-state index is -4.64. The standard InChI is InChI=1S/C16H23ClN2O2.C11H15ClN2.C2HF3O.CH2Cl2/c1-16(2,3)21-15(20)18-13-5-4-10-19(11-13)14-8-6-12(17)7-9-14;12-9-3-5-11(6-4-9)14-7-1-2-10(13)8-14;3-2(4,5)1-6;2-1-3/h6-9,13H,4-5,10-11H2,1-3H3,(H,18,20);3-6,10H,1-2,7-8,13H2;1H;1H2. The average Bonchev–Trinajstić information content (AvgIpc) is 2.94. The highest BCUT2D eigenvalue weighted by molar-refractivity contribution is 6.40. The molecule has 0 bridgehead atoms. The van der Waals surface area contributed by atoms with E-state index in [2.05, 4.69) is 27.2 Å². The smallest absolute Gasteiger partial charge is 0.444 e. The Kier molecular flexibility index (Phi) is 18.2. The number of alkyl carbamates (subject to hydrolysis) is 1. The monoisotopic (exact) mass is 702 g/mol. The lowest BCUT2D eigenvalue weighted by atomic mass is 10.1. The summed E-state index contributed by atoms with van der Waals surface area (Å²) in [5, 5.41) is 4.67. The van der Waals surface area contributed by atoms with Crippen LogP contribution < -0.4 is 20.9 Å². The number of carbonyl (C=O) groups excluding carboxylic acids is 2. The number of alkyl halides is 5. The Morgan fingerprint density at radius 1 is 0.909 bits per heavy atom.